The minimum atomic E-state index is -0.0327. The van der Waals surface area contributed by atoms with Gasteiger partial charge in [-0.2, -0.15) is 0 Å². The number of allylic oxidation sites excluding steroid dienone is 2. The molecule has 0 spiro atoms. The molecule has 0 radical (unpaired) electrons. The van der Waals surface area contributed by atoms with Gasteiger partial charge in [-0.25, -0.2) is 4.70 Å². The standard InChI is InChI=1S/C30H40N2.C19H26O2/c1-6-11-12-13-14-27-21-29(26-17-15-22(7-2)24(9-4)19-26)32(31)30(27)28-18-16-23(8-3)25(10-5)20-28;1-3-5-7-9-15-12-14(8-6-4-2)13-17-16(15)10-11-18(20)19(17)21/h15-21H,6-14H2,1-5H3;10-13,20-21H,3-9H2,1-2H3. The van der Waals surface area contributed by atoms with Gasteiger partial charge in [-0.3, -0.25) is 0 Å². The summed E-state index contributed by atoms with van der Waals surface area (Å²) in [6.45, 7) is 15.5. The zero-order valence-corrected chi connectivity index (χ0v) is 34.0. The van der Waals surface area contributed by atoms with Crippen molar-refractivity contribution in [2.45, 2.75) is 151 Å². The molecule has 284 valence electrons. The maximum Gasteiger partial charge on any atom is 0.210 e. The van der Waals surface area contributed by atoms with E-state index in [1.165, 1.54) is 82.2 Å². The second-order valence-electron chi connectivity index (χ2n) is 14.8. The van der Waals surface area contributed by atoms with Crippen LogP contribution >= 0.6 is 0 Å². The van der Waals surface area contributed by atoms with Crippen LogP contribution in [0.25, 0.3) is 27.7 Å². The summed E-state index contributed by atoms with van der Waals surface area (Å²) in [5.41, 5.74) is 24.9. The Morgan fingerprint density at radius 3 is 1.72 bits per heavy atom. The number of aryl methyl sites for hydroxylation is 6. The molecule has 4 aromatic rings. The molecule has 4 nitrogen and oxygen atoms in total. The molecule has 1 heterocycles. The van der Waals surface area contributed by atoms with E-state index in [9.17, 15) is 15.7 Å². The molecule has 4 aromatic carbocycles. The van der Waals surface area contributed by atoms with Crippen LogP contribution in [0.15, 0.2) is 72.3 Å². The second kappa shape index (κ2) is 20.9. The quantitative estimate of drug-likeness (QED) is 0.0612. The van der Waals surface area contributed by atoms with Gasteiger partial charge in [-0.05, 0) is 139 Å². The minimum absolute atomic E-state index is 0.0163. The molecule has 1 aliphatic rings. The summed E-state index contributed by atoms with van der Waals surface area (Å²) >= 11 is 0. The molecule has 0 saturated heterocycles. The highest BCUT2D eigenvalue weighted by Gasteiger charge is 2.29. The summed E-state index contributed by atoms with van der Waals surface area (Å²) in [5, 5.41) is 21.8. The molecule has 2 N–H and O–H groups in total. The molecule has 4 heteroatoms. The maximum atomic E-state index is 11.4. The highest BCUT2D eigenvalue weighted by molar-refractivity contribution is 5.93. The van der Waals surface area contributed by atoms with Gasteiger partial charge in [0.05, 0.1) is 0 Å². The molecule has 0 saturated carbocycles. The van der Waals surface area contributed by atoms with Gasteiger partial charge in [0.1, 0.15) is 0 Å². The molecule has 1 aliphatic heterocycles. The number of fused-ring (bicyclic) bond motifs is 1. The predicted octanol–water partition coefficient (Wildman–Crippen LogP) is 14.0. The number of unbranched alkanes of at least 4 members (excludes halogenated alkanes) is 6. The minimum Gasteiger partial charge on any atom is -0.504 e. The number of rotatable bonds is 18. The molecule has 0 unspecified atom stereocenters. The van der Waals surface area contributed by atoms with Gasteiger partial charge >= 0.3 is 0 Å². The zero-order chi connectivity index (χ0) is 38.3. The Morgan fingerprint density at radius 1 is 0.509 bits per heavy atom. The highest BCUT2D eigenvalue weighted by Crippen LogP contribution is 2.39. The maximum absolute atomic E-state index is 11.4. The van der Waals surface area contributed by atoms with Crippen LogP contribution in [-0.2, 0) is 38.5 Å². The Bertz CT molecular complexity index is 1900. The van der Waals surface area contributed by atoms with E-state index < -0.39 is 0 Å². The number of phenols is 2. The Labute approximate surface area is 321 Å². The van der Waals surface area contributed by atoms with Crippen LogP contribution in [0.1, 0.15) is 157 Å². The van der Waals surface area contributed by atoms with E-state index >= 15 is 0 Å². The molecule has 53 heavy (non-hydrogen) atoms. The average Bonchev–Trinajstić information content (AvgIpc) is 3.52. The molecule has 0 amide bonds. The van der Waals surface area contributed by atoms with E-state index in [1.54, 1.807) is 6.07 Å². The van der Waals surface area contributed by atoms with E-state index in [4.69, 9.17) is 0 Å². The van der Waals surface area contributed by atoms with Crippen molar-refractivity contribution in [3.8, 4) is 11.5 Å². The first-order valence-corrected chi connectivity index (χ1v) is 20.9. The molecule has 0 atom stereocenters. The lowest BCUT2D eigenvalue weighted by Gasteiger charge is -2.13. The van der Waals surface area contributed by atoms with Crippen LogP contribution in [0.2, 0.25) is 0 Å². The molecular formula is C49H66N2O2. The fourth-order valence-electron chi connectivity index (χ4n) is 7.75. The van der Waals surface area contributed by atoms with E-state index in [-0.39, 0.29) is 11.5 Å². The third-order valence-corrected chi connectivity index (χ3v) is 11.0. The summed E-state index contributed by atoms with van der Waals surface area (Å²) in [5.74, 6) is -0.0164. The summed E-state index contributed by atoms with van der Waals surface area (Å²) < 4.78 is 1.45. The number of benzene rings is 4. The van der Waals surface area contributed by atoms with Crippen molar-refractivity contribution in [2.24, 2.45) is 0 Å². The van der Waals surface area contributed by atoms with Gasteiger partial charge in [0.25, 0.3) is 0 Å². The number of hydrogen-bond acceptors (Lipinski definition) is 2. The Morgan fingerprint density at radius 2 is 1.09 bits per heavy atom. The normalized spacial score (nSPS) is 12.7. The third kappa shape index (κ3) is 10.5. The van der Waals surface area contributed by atoms with Crippen molar-refractivity contribution in [1.29, 1.82) is 0 Å². The fourth-order valence-corrected chi connectivity index (χ4v) is 7.75. The van der Waals surface area contributed by atoms with Gasteiger partial charge in [0.15, 0.2) is 11.5 Å². The second-order valence-corrected chi connectivity index (χ2v) is 14.8. The summed E-state index contributed by atoms with van der Waals surface area (Å²) in [6, 6.07) is 21.2. The van der Waals surface area contributed by atoms with E-state index in [1.807, 2.05) is 12.1 Å². The van der Waals surface area contributed by atoms with Crippen molar-refractivity contribution < 1.29 is 14.9 Å². The van der Waals surface area contributed by atoms with Crippen LogP contribution in [0, 0.1) is 0 Å². The van der Waals surface area contributed by atoms with Crippen molar-refractivity contribution in [2.75, 3.05) is 0 Å². The van der Waals surface area contributed by atoms with Crippen molar-refractivity contribution in [1.82, 2.24) is 0 Å². The van der Waals surface area contributed by atoms with Crippen molar-refractivity contribution in [3.63, 3.8) is 0 Å². The van der Waals surface area contributed by atoms with Gasteiger partial charge in [-0.1, -0.05) is 111 Å². The Kier molecular flexibility index (Phi) is 16.4. The summed E-state index contributed by atoms with van der Waals surface area (Å²) in [6.07, 6.45) is 20.2. The lowest BCUT2D eigenvalue weighted by Crippen LogP contribution is -2.04. The summed E-state index contributed by atoms with van der Waals surface area (Å²) in [4.78, 5) is 0. The monoisotopic (exact) mass is 715 g/mol. The topological polar surface area (TPSA) is 65.8 Å². The van der Waals surface area contributed by atoms with Crippen molar-refractivity contribution in [3.05, 3.63) is 122 Å². The molecule has 0 bridgehead atoms. The van der Waals surface area contributed by atoms with Crippen LogP contribution in [-0.4, -0.2) is 14.9 Å². The van der Waals surface area contributed by atoms with Gasteiger partial charge in [0, 0.05) is 28.2 Å². The molecule has 5 rings (SSSR count). The van der Waals surface area contributed by atoms with Crippen LogP contribution in [0.4, 0.5) is 0 Å². The lowest BCUT2D eigenvalue weighted by molar-refractivity contribution is -0.344. The molecule has 0 aliphatic carbocycles. The van der Waals surface area contributed by atoms with Crippen LogP contribution in [0.3, 0.4) is 0 Å². The Balaban J connectivity index is 0.000000258. The number of phenolic OH excluding ortho intramolecular Hbond substituents is 2. The van der Waals surface area contributed by atoms with Gasteiger partial charge < -0.3 is 15.7 Å². The highest BCUT2D eigenvalue weighted by atomic mass is 16.3. The molecule has 0 aromatic heterocycles. The van der Waals surface area contributed by atoms with Crippen molar-refractivity contribution >= 4 is 22.2 Å². The van der Waals surface area contributed by atoms with E-state index in [2.05, 4.69) is 97.0 Å². The fraction of sp³-hybridized carbons (Fsp3) is 0.469. The first-order valence-electron chi connectivity index (χ1n) is 20.9. The zero-order valence-electron chi connectivity index (χ0n) is 34.0. The van der Waals surface area contributed by atoms with E-state index in [0.29, 0.717) is 0 Å². The molecular weight excluding hydrogens is 649 g/mol. The number of nitrogens with zero attached hydrogens (tertiary/aromatic N) is 2. The van der Waals surface area contributed by atoms with Crippen LogP contribution < -0.4 is 0 Å². The van der Waals surface area contributed by atoms with Crippen LogP contribution in [0.5, 0.6) is 11.5 Å². The lowest BCUT2D eigenvalue weighted by atomic mass is 9.94. The van der Waals surface area contributed by atoms with Gasteiger partial charge in [-0.15, -0.1) is 0 Å². The molecule has 0 fully saturated rings. The smallest absolute Gasteiger partial charge is 0.210 e. The number of aromatic hydroxyl groups is 2. The SMILES string of the molecule is CCCCCCC1=C(c2ccc(CC)c(CC)c2)[N+](=[N-])C(c2ccc(CC)c(CC)c2)=C1.CCCCCc1cc(CCCC)cc2c(O)c(O)ccc12. The first-order chi connectivity index (χ1) is 25.7. The van der Waals surface area contributed by atoms with E-state index in [0.717, 1.165) is 97.5 Å². The summed E-state index contributed by atoms with van der Waals surface area (Å²) in [7, 11) is 0. The first kappa shape index (κ1) is 41.6. The van der Waals surface area contributed by atoms with Gasteiger partial charge in [0.2, 0.25) is 11.4 Å². The third-order valence-electron chi connectivity index (χ3n) is 11.0. The largest absolute Gasteiger partial charge is 0.504 e. The number of hydrogen-bond donors (Lipinski definition) is 2. The predicted molar refractivity (Wildman–Crippen MR) is 227 cm³/mol. The Hall–Kier alpha value is -4.18. The average molecular weight is 715 g/mol.